The molecule has 0 heterocycles. The summed E-state index contributed by atoms with van der Waals surface area (Å²) in [6.07, 6.45) is 0.934. The summed E-state index contributed by atoms with van der Waals surface area (Å²) in [5.74, 6) is -1.85. The molecule has 2 N–H and O–H groups in total. The molecule has 1 rings (SSSR count). The van der Waals surface area contributed by atoms with Crippen molar-refractivity contribution in [1.82, 2.24) is 0 Å². The quantitative estimate of drug-likeness (QED) is 0.804. The van der Waals surface area contributed by atoms with E-state index in [1.54, 1.807) is 31.2 Å². The standard InChI is InChI=1S/C15H21NO4/c1-4-9-20-13-7-5-12(6-8-13)16-14(17)10(2)11(3)15(18)19/h5-8,10-11H,4,9H2,1-3H3,(H,16,17)(H,18,19). The lowest BCUT2D eigenvalue weighted by Crippen LogP contribution is -2.29. The van der Waals surface area contributed by atoms with Gasteiger partial charge in [-0.25, -0.2) is 0 Å². The van der Waals surface area contributed by atoms with Crippen molar-refractivity contribution in [3.05, 3.63) is 24.3 Å². The van der Waals surface area contributed by atoms with Crippen molar-refractivity contribution in [2.75, 3.05) is 11.9 Å². The molecule has 1 amide bonds. The highest BCUT2D eigenvalue weighted by atomic mass is 16.5. The van der Waals surface area contributed by atoms with Gasteiger partial charge in [-0.05, 0) is 30.7 Å². The van der Waals surface area contributed by atoms with Gasteiger partial charge >= 0.3 is 5.97 Å². The summed E-state index contributed by atoms with van der Waals surface area (Å²) >= 11 is 0. The van der Waals surface area contributed by atoms with Gasteiger partial charge in [0.1, 0.15) is 5.75 Å². The summed E-state index contributed by atoms with van der Waals surface area (Å²) in [7, 11) is 0. The monoisotopic (exact) mass is 279 g/mol. The zero-order chi connectivity index (χ0) is 15.1. The molecular formula is C15H21NO4. The molecule has 5 nitrogen and oxygen atoms in total. The summed E-state index contributed by atoms with van der Waals surface area (Å²) in [5, 5.41) is 11.6. The molecule has 0 bridgehead atoms. The largest absolute Gasteiger partial charge is 0.494 e. The molecular weight excluding hydrogens is 258 g/mol. The first-order chi connectivity index (χ1) is 9.45. The Labute approximate surface area is 118 Å². The molecule has 0 radical (unpaired) electrons. The number of rotatable bonds is 7. The summed E-state index contributed by atoms with van der Waals surface area (Å²) in [5.41, 5.74) is 0.628. The van der Waals surface area contributed by atoms with Crippen LogP contribution in [0.5, 0.6) is 5.75 Å². The lowest BCUT2D eigenvalue weighted by Gasteiger charge is -2.16. The molecule has 0 aromatic heterocycles. The molecule has 110 valence electrons. The topological polar surface area (TPSA) is 75.6 Å². The molecule has 0 aliphatic heterocycles. The smallest absolute Gasteiger partial charge is 0.307 e. The Balaban J connectivity index is 2.60. The fraction of sp³-hybridized carbons (Fsp3) is 0.467. The van der Waals surface area contributed by atoms with Gasteiger partial charge in [-0.2, -0.15) is 0 Å². The number of carbonyl (C=O) groups is 2. The van der Waals surface area contributed by atoms with E-state index in [0.717, 1.165) is 12.2 Å². The van der Waals surface area contributed by atoms with Gasteiger partial charge in [-0.15, -0.1) is 0 Å². The Bertz CT molecular complexity index is 455. The number of aliphatic carboxylic acids is 1. The maximum atomic E-state index is 11.9. The van der Waals surface area contributed by atoms with Crippen LogP contribution in [0.3, 0.4) is 0 Å². The lowest BCUT2D eigenvalue weighted by atomic mass is 9.95. The third-order valence-corrected chi connectivity index (χ3v) is 3.15. The number of ether oxygens (including phenoxy) is 1. The van der Waals surface area contributed by atoms with Crippen LogP contribution < -0.4 is 10.1 Å². The maximum absolute atomic E-state index is 11.9. The molecule has 2 atom stereocenters. The van der Waals surface area contributed by atoms with Crippen LogP contribution in [0.15, 0.2) is 24.3 Å². The van der Waals surface area contributed by atoms with Gasteiger partial charge < -0.3 is 15.2 Å². The summed E-state index contributed by atoms with van der Waals surface area (Å²) in [6, 6.07) is 7.02. The summed E-state index contributed by atoms with van der Waals surface area (Å²) < 4.78 is 5.44. The number of nitrogens with one attached hydrogen (secondary N) is 1. The predicted molar refractivity (Wildman–Crippen MR) is 76.8 cm³/mol. The number of carboxylic acid groups (broad SMARTS) is 1. The number of anilines is 1. The minimum atomic E-state index is -0.976. The van der Waals surface area contributed by atoms with Gasteiger partial charge in [0.2, 0.25) is 5.91 Å². The van der Waals surface area contributed by atoms with Crippen LogP contribution in [0.1, 0.15) is 27.2 Å². The van der Waals surface area contributed by atoms with Crippen LogP contribution in [0.4, 0.5) is 5.69 Å². The number of benzene rings is 1. The number of carboxylic acids is 1. The average molecular weight is 279 g/mol. The van der Waals surface area contributed by atoms with Gasteiger partial charge in [0.05, 0.1) is 12.5 Å². The van der Waals surface area contributed by atoms with Crippen LogP contribution in [-0.2, 0) is 9.59 Å². The average Bonchev–Trinajstić information content (AvgIpc) is 2.44. The molecule has 0 saturated heterocycles. The van der Waals surface area contributed by atoms with Crippen molar-refractivity contribution < 1.29 is 19.4 Å². The highest BCUT2D eigenvalue weighted by Crippen LogP contribution is 2.18. The predicted octanol–water partition coefficient (Wildman–Crippen LogP) is 2.77. The normalized spacial score (nSPS) is 13.3. The third-order valence-electron chi connectivity index (χ3n) is 3.15. The van der Waals surface area contributed by atoms with Crippen LogP contribution >= 0.6 is 0 Å². The maximum Gasteiger partial charge on any atom is 0.307 e. The van der Waals surface area contributed by atoms with E-state index >= 15 is 0 Å². The van der Waals surface area contributed by atoms with Crippen molar-refractivity contribution in [2.24, 2.45) is 11.8 Å². The van der Waals surface area contributed by atoms with E-state index in [4.69, 9.17) is 9.84 Å². The minimum Gasteiger partial charge on any atom is -0.494 e. The first-order valence-electron chi connectivity index (χ1n) is 6.72. The van der Waals surface area contributed by atoms with Crippen LogP contribution in [0.25, 0.3) is 0 Å². The molecule has 5 heteroatoms. The fourth-order valence-corrected chi connectivity index (χ4v) is 1.55. The van der Waals surface area contributed by atoms with E-state index in [0.29, 0.717) is 12.3 Å². The lowest BCUT2D eigenvalue weighted by molar-refractivity contribution is -0.145. The van der Waals surface area contributed by atoms with E-state index < -0.39 is 17.8 Å². The SMILES string of the molecule is CCCOc1ccc(NC(=O)C(C)C(C)C(=O)O)cc1. The second-order valence-electron chi connectivity index (χ2n) is 4.78. The van der Waals surface area contributed by atoms with Gasteiger partial charge in [0.25, 0.3) is 0 Å². The fourth-order valence-electron chi connectivity index (χ4n) is 1.55. The van der Waals surface area contributed by atoms with Crippen LogP contribution in [0, 0.1) is 11.8 Å². The van der Waals surface area contributed by atoms with Crippen molar-refractivity contribution in [1.29, 1.82) is 0 Å². The molecule has 0 aliphatic carbocycles. The van der Waals surface area contributed by atoms with Crippen LogP contribution in [0.2, 0.25) is 0 Å². The van der Waals surface area contributed by atoms with E-state index in [1.807, 2.05) is 6.92 Å². The number of carbonyl (C=O) groups excluding carboxylic acids is 1. The van der Waals surface area contributed by atoms with Crippen molar-refractivity contribution in [3.8, 4) is 5.75 Å². The Morgan fingerprint density at radius 1 is 1.20 bits per heavy atom. The Morgan fingerprint density at radius 3 is 2.30 bits per heavy atom. The molecule has 1 aromatic carbocycles. The van der Waals surface area contributed by atoms with Crippen molar-refractivity contribution >= 4 is 17.6 Å². The number of hydrogen-bond acceptors (Lipinski definition) is 3. The van der Waals surface area contributed by atoms with Crippen molar-refractivity contribution in [2.45, 2.75) is 27.2 Å². The molecule has 1 aromatic rings. The highest BCUT2D eigenvalue weighted by molar-refractivity contribution is 5.94. The van der Waals surface area contributed by atoms with Gasteiger partial charge in [0.15, 0.2) is 0 Å². The van der Waals surface area contributed by atoms with Crippen LogP contribution in [-0.4, -0.2) is 23.6 Å². The first-order valence-corrected chi connectivity index (χ1v) is 6.72. The van der Waals surface area contributed by atoms with Crippen molar-refractivity contribution in [3.63, 3.8) is 0 Å². The van der Waals surface area contributed by atoms with Gasteiger partial charge in [0, 0.05) is 11.6 Å². The number of amides is 1. The molecule has 0 spiro atoms. The summed E-state index contributed by atoms with van der Waals surface area (Å²) in [6.45, 7) is 5.81. The third kappa shape index (κ3) is 4.57. The summed E-state index contributed by atoms with van der Waals surface area (Å²) in [4.78, 5) is 22.8. The van der Waals surface area contributed by atoms with E-state index in [-0.39, 0.29) is 5.91 Å². The Hall–Kier alpha value is -2.04. The van der Waals surface area contributed by atoms with E-state index in [9.17, 15) is 9.59 Å². The second-order valence-corrected chi connectivity index (χ2v) is 4.78. The van der Waals surface area contributed by atoms with E-state index in [2.05, 4.69) is 5.32 Å². The van der Waals surface area contributed by atoms with Gasteiger partial charge in [-0.1, -0.05) is 20.8 Å². The molecule has 0 aliphatic rings. The number of hydrogen-bond donors (Lipinski definition) is 2. The Kier molecular flexibility index (Phi) is 6.03. The zero-order valence-corrected chi connectivity index (χ0v) is 12.1. The molecule has 0 saturated carbocycles. The molecule has 0 fully saturated rings. The van der Waals surface area contributed by atoms with E-state index in [1.165, 1.54) is 6.92 Å². The first kappa shape index (κ1) is 16.0. The second kappa shape index (κ2) is 7.53. The zero-order valence-electron chi connectivity index (χ0n) is 12.1. The molecule has 20 heavy (non-hydrogen) atoms. The Morgan fingerprint density at radius 2 is 1.80 bits per heavy atom. The van der Waals surface area contributed by atoms with Gasteiger partial charge in [-0.3, -0.25) is 9.59 Å². The minimum absolute atomic E-state index is 0.304. The highest BCUT2D eigenvalue weighted by Gasteiger charge is 2.25. The molecule has 2 unspecified atom stereocenters.